The molecule has 0 aliphatic rings. The molecule has 0 atom stereocenters. The van der Waals surface area contributed by atoms with Crippen LogP contribution in [0, 0.1) is 6.92 Å². The molecular weight excluding hydrogens is 186 g/mol. The summed E-state index contributed by atoms with van der Waals surface area (Å²) in [4.78, 5) is 4.17. The highest BCUT2D eigenvalue weighted by molar-refractivity contribution is 5.63. The average Bonchev–Trinajstić information content (AvgIpc) is 2.25. The molecule has 0 saturated carbocycles. The van der Waals surface area contributed by atoms with Crippen LogP contribution in [-0.2, 0) is 0 Å². The maximum absolute atomic E-state index is 5.81. The van der Waals surface area contributed by atoms with Crippen LogP contribution in [0.1, 0.15) is 5.56 Å². The van der Waals surface area contributed by atoms with Crippen LogP contribution in [0.15, 0.2) is 42.6 Å². The molecule has 0 fully saturated rings. The van der Waals surface area contributed by atoms with Gasteiger partial charge in [0.25, 0.3) is 0 Å². The van der Waals surface area contributed by atoms with Crippen LogP contribution < -0.4 is 11.1 Å². The Morgan fingerprint density at radius 1 is 1.20 bits per heavy atom. The van der Waals surface area contributed by atoms with Gasteiger partial charge in [0.05, 0.1) is 0 Å². The highest BCUT2D eigenvalue weighted by Crippen LogP contribution is 2.19. The van der Waals surface area contributed by atoms with E-state index in [-0.39, 0.29) is 0 Å². The zero-order valence-corrected chi connectivity index (χ0v) is 8.57. The zero-order chi connectivity index (χ0) is 10.7. The summed E-state index contributed by atoms with van der Waals surface area (Å²) >= 11 is 0. The van der Waals surface area contributed by atoms with Crippen molar-refractivity contribution >= 4 is 17.2 Å². The van der Waals surface area contributed by atoms with E-state index in [1.54, 1.807) is 6.20 Å². The molecule has 3 nitrogen and oxygen atoms in total. The van der Waals surface area contributed by atoms with Gasteiger partial charge in [0, 0.05) is 17.6 Å². The van der Waals surface area contributed by atoms with Gasteiger partial charge in [-0.15, -0.1) is 0 Å². The van der Waals surface area contributed by atoms with Gasteiger partial charge in [-0.3, -0.25) is 0 Å². The summed E-state index contributed by atoms with van der Waals surface area (Å²) in [6.07, 6.45) is 1.75. The van der Waals surface area contributed by atoms with Gasteiger partial charge in [0.2, 0.25) is 0 Å². The number of aromatic nitrogens is 1. The van der Waals surface area contributed by atoms with E-state index in [0.29, 0.717) is 0 Å². The van der Waals surface area contributed by atoms with Gasteiger partial charge in [0.15, 0.2) is 0 Å². The Bertz CT molecular complexity index is 452. The molecule has 0 radical (unpaired) electrons. The van der Waals surface area contributed by atoms with Crippen molar-refractivity contribution in [2.45, 2.75) is 6.92 Å². The second-order valence-electron chi connectivity index (χ2n) is 3.41. The van der Waals surface area contributed by atoms with Crippen molar-refractivity contribution in [2.75, 3.05) is 11.1 Å². The summed E-state index contributed by atoms with van der Waals surface area (Å²) in [5, 5.41) is 3.18. The van der Waals surface area contributed by atoms with Gasteiger partial charge in [-0.05, 0) is 36.8 Å². The first-order chi connectivity index (χ1) is 7.25. The second-order valence-corrected chi connectivity index (χ2v) is 3.41. The molecule has 3 N–H and O–H groups in total. The molecule has 3 heteroatoms. The van der Waals surface area contributed by atoms with Crippen molar-refractivity contribution in [1.82, 2.24) is 4.98 Å². The minimum absolute atomic E-state index is 0.788. The highest BCUT2D eigenvalue weighted by atomic mass is 15.0. The summed E-state index contributed by atoms with van der Waals surface area (Å²) in [5.74, 6) is 0.820. The van der Waals surface area contributed by atoms with E-state index >= 15 is 0 Å². The molecule has 0 bridgehead atoms. The number of nitrogen functional groups attached to an aromatic ring is 1. The van der Waals surface area contributed by atoms with Gasteiger partial charge < -0.3 is 11.1 Å². The summed E-state index contributed by atoms with van der Waals surface area (Å²) in [5.41, 5.74) is 8.64. The van der Waals surface area contributed by atoms with Crippen LogP contribution in [0.3, 0.4) is 0 Å². The molecule has 0 aliphatic carbocycles. The first-order valence-corrected chi connectivity index (χ1v) is 4.80. The number of benzene rings is 1. The Hall–Kier alpha value is -2.03. The van der Waals surface area contributed by atoms with E-state index < -0.39 is 0 Å². The fourth-order valence-electron chi connectivity index (χ4n) is 1.30. The Balaban J connectivity index is 2.22. The number of aryl methyl sites for hydroxylation is 1. The molecule has 0 unspecified atom stereocenters. The van der Waals surface area contributed by atoms with E-state index in [0.717, 1.165) is 22.8 Å². The third kappa shape index (κ3) is 2.26. The first-order valence-electron chi connectivity index (χ1n) is 4.80. The molecule has 0 spiro atoms. The van der Waals surface area contributed by atoms with Crippen LogP contribution >= 0.6 is 0 Å². The van der Waals surface area contributed by atoms with Crippen molar-refractivity contribution in [2.24, 2.45) is 0 Å². The predicted molar refractivity (Wildman–Crippen MR) is 63.1 cm³/mol. The van der Waals surface area contributed by atoms with Crippen LogP contribution in [0.2, 0.25) is 0 Å². The second kappa shape index (κ2) is 4.00. The van der Waals surface area contributed by atoms with Crippen molar-refractivity contribution < 1.29 is 0 Å². The molecule has 0 amide bonds. The molecule has 1 aromatic carbocycles. The number of hydrogen-bond acceptors (Lipinski definition) is 3. The fraction of sp³-hybridized carbons (Fsp3) is 0.0833. The van der Waals surface area contributed by atoms with E-state index in [1.165, 1.54) is 0 Å². The zero-order valence-electron chi connectivity index (χ0n) is 8.57. The number of nitrogens with zero attached hydrogens (tertiary/aromatic N) is 1. The summed E-state index contributed by atoms with van der Waals surface area (Å²) < 4.78 is 0. The summed E-state index contributed by atoms with van der Waals surface area (Å²) in [6, 6.07) is 11.6. The quantitative estimate of drug-likeness (QED) is 0.731. The number of rotatable bonds is 2. The third-order valence-electron chi connectivity index (χ3n) is 2.22. The van der Waals surface area contributed by atoms with Gasteiger partial charge in [0.1, 0.15) is 5.82 Å². The Morgan fingerprint density at radius 2 is 2.07 bits per heavy atom. The Morgan fingerprint density at radius 3 is 2.73 bits per heavy atom. The smallest absolute Gasteiger partial charge is 0.130 e. The largest absolute Gasteiger partial charge is 0.398 e. The van der Waals surface area contributed by atoms with Crippen LogP contribution in [0.5, 0.6) is 0 Å². The van der Waals surface area contributed by atoms with Crippen molar-refractivity contribution in [1.29, 1.82) is 0 Å². The average molecular weight is 199 g/mol. The first kappa shape index (κ1) is 9.52. The van der Waals surface area contributed by atoms with E-state index in [1.807, 2.05) is 43.3 Å². The van der Waals surface area contributed by atoms with Crippen LogP contribution in [0.25, 0.3) is 0 Å². The number of nitrogens with two attached hydrogens (primary N) is 1. The standard InChI is InChI=1S/C12H13N3/c1-9-5-6-10(8-11(9)13)15-12-4-2-3-7-14-12/h2-8H,13H2,1H3,(H,14,15). The third-order valence-corrected chi connectivity index (χ3v) is 2.22. The minimum Gasteiger partial charge on any atom is -0.398 e. The summed E-state index contributed by atoms with van der Waals surface area (Å²) in [7, 11) is 0. The van der Waals surface area contributed by atoms with Crippen LogP contribution in [0.4, 0.5) is 17.2 Å². The van der Waals surface area contributed by atoms with E-state index in [9.17, 15) is 0 Å². The maximum Gasteiger partial charge on any atom is 0.130 e. The Kier molecular flexibility index (Phi) is 2.54. The maximum atomic E-state index is 5.81. The number of nitrogens with one attached hydrogen (secondary N) is 1. The molecule has 2 rings (SSSR count). The SMILES string of the molecule is Cc1ccc(Nc2ccccn2)cc1N. The molecule has 1 aromatic heterocycles. The Labute approximate surface area is 89.0 Å². The number of anilines is 3. The van der Waals surface area contributed by atoms with Gasteiger partial charge >= 0.3 is 0 Å². The fourth-order valence-corrected chi connectivity index (χ4v) is 1.30. The van der Waals surface area contributed by atoms with E-state index in [4.69, 9.17) is 5.73 Å². The van der Waals surface area contributed by atoms with Crippen molar-refractivity contribution in [3.63, 3.8) is 0 Å². The van der Waals surface area contributed by atoms with E-state index in [2.05, 4.69) is 10.3 Å². The topological polar surface area (TPSA) is 50.9 Å². The number of pyridine rings is 1. The normalized spacial score (nSPS) is 9.93. The van der Waals surface area contributed by atoms with Gasteiger partial charge in [-0.2, -0.15) is 0 Å². The molecule has 1 heterocycles. The highest BCUT2D eigenvalue weighted by Gasteiger charge is 1.97. The number of hydrogen-bond donors (Lipinski definition) is 2. The minimum atomic E-state index is 0.788. The lowest BCUT2D eigenvalue weighted by Gasteiger charge is -2.07. The summed E-state index contributed by atoms with van der Waals surface area (Å²) in [6.45, 7) is 1.99. The predicted octanol–water partition coefficient (Wildman–Crippen LogP) is 2.72. The monoisotopic (exact) mass is 199 g/mol. The van der Waals surface area contributed by atoms with Gasteiger partial charge in [-0.25, -0.2) is 4.98 Å². The van der Waals surface area contributed by atoms with Crippen LogP contribution in [-0.4, -0.2) is 4.98 Å². The molecule has 76 valence electrons. The molecular formula is C12H13N3. The molecule has 15 heavy (non-hydrogen) atoms. The van der Waals surface area contributed by atoms with Gasteiger partial charge in [-0.1, -0.05) is 12.1 Å². The van der Waals surface area contributed by atoms with Crippen molar-refractivity contribution in [3.05, 3.63) is 48.2 Å². The van der Waals surface area contributed by atoms with Crippen molar-refractivity contribution in [3.8, 4) is 0 Å². The molecule has 2 aromatic rings. The molecule has 0 aliphatic heterocycles. The lowest BCUT2D eigenvalue weighted by Crippen LogP contribution is -1.95. The lowest BCUT2D eigenvalue weighted by molar-refractivity contribution is 1.31. The molecule has 0 saturated heterocycles. The lowest BCUT2D eigenvalue weighted by atomic mass is 10.2.